The molecule has 92 valence electrons. The fourth-order valence-electron chi connectivity index (χ4n) is 1.87. The summed E-state index contributed by atoms with van der Waals surface area (Å²) in [6.45, 7) is 0. The second-order valence-electron chi connectivity index (χ2n) is 3.70. The van der Waals surface area contributed by atoms with Gasteiger partial charge in [0.25, 0.3) is 0 Å². The molecular formula is C12H7ClO3S2. The predicted molar refractivity (Wildman–Crippen MR) is 74.3 cm³/mol. The van der Waals surface area contributed by atoms with E-state index in [1.165, 1.54) is 29.8 Å². The number of methoxy groups -OCH3 is 1. The average molecular weight is 299 g/mol. The van der Waals surface area contributed by atoms with Gasteiger partial charge in [-0.05, 0) is 17.7 Å². The van der Waals surface area contributed by atoms with Crippen LogP contribution in [0.1, 0.15) is 9.67 Å². The van der Waals surface area contributed by atoms with E-state index >= 15 is 0 Å². The van der Waals surface area contributed by atoms with E-state index in [2.05, 4.69) is 4.74 Å². The second kappa shape index (κ2) is 4.12. The van der Waals surface area contributed by atoms with Gasteiger partial charge in [-0.25, -0.2) is 4.79 Å². The first-order chi connectivity index (χ1) is 8.61. The number of carbonyl (C=O) groups excluding carboxylic acids is 1. The Balaban J connectivity index is 2.34. The van der Waals surface area contributed by atoms with Crippen LogP contribution >= 0.6 is 34.3 Å². The molecule has 0 saturated carbocycles. The van der Waals surface area contributed by atoms with Crippen molar-refractivity contribution in [1.29, 1.82) is 0 Å². The van der Waals surface area contributed by atoms with E-state index in [0.29, 0.717) is 10.4 Å². The Morgan fingerprint density at radius 1 is 1.44 bits per heavy atom. The number of rotatable bonds is 1. The topological polar surface area (TPSA) is 46.5 Å². The Labute approximate surface area is 116 Å². The van der Waals surface area contributed by atoms with Gasteiger partial charge in [0.05, 0.1) is 17.5 Å². The third kappa shape index (κ3) is 1.59. The number of halogens is 1. The minimum Gasteiger partial charge on any atom is -0.505 e. The lowest BCUT2D eigenvalue weighted by Gasteiger charge is -2.00. The average Bonchev–Trinajstić information content (AvgIpc) is 2.85. The maximum absolute atomic E-state index is 11.5. The Kier molecular flexibility index (Phi) is 2.69. The monoisotopic (exact) mass is 298 g/mol. The molecule has 6 heteroatoms. The summed E-state index contributed by atoms with van der Waals surface area (Å²) in [6.07, 6.45) is 0. The Hall–Kier alpha value is -1.30. The number of aromatic hydroxyl groups is 1. The van der Waals surface area contributed by atoms with Crippen molar-refractivity contribution in [2.45, 2.75) is 0 Å². The molecule has 3 nitrogen and oxygen atoms in total. The zero-order valence-electron chi connectivity index (χ0n) is 9.19. The summed E-state index contributed by atoms with van der Waals surface area (Å²) < 4.78 is 5.50. The molecular weight excluding hydrogens is 292 g/mol. The third-order valence-electron chi connectivity index (χ3n) is 2.64. The number of esters is 1. The van der Waals surface area contributed by atoms with Gasteiger partial charge in [-0.3, -0.25) is 0 Å². The standard InChI is InChI=1S/C12H7ClO3S2/c1-16-12(15)11-9(14)8-7(18-11)3-5-2-6(13)4-17-10(5)8/h2-4,14H,1H3. The van der Waals surface area contributed by atoms with Gasteiger partial charge < -0.3 is 9.84 Å². The molecule has 3 rings (SSSR count). The molecule has 0 unspecified atom stereocenters. The molecule has 2 heterocycles. The Morgan fingerprint density at radius 3 is 2.94 bits per heavy atom. The summed E-state index contributed by atoms with van der Waals surface area (Å²) >= 11 is 8.61. The van der Waals surface area contributed by atoms with Crippen molar-refractivity contribution in [3.05, 3.63) is 27.4 Å². The van der Waals surface area contributed by atoms with E-state index in [1.54, 1.807) is 5.38 Å². The van der Waals surface area contributed by atoms with Crippen LogP contribution in [0, 0.1) is 0 Å². The molecule has 0 bridgehead atoms. The molecule has 18 heavy (non-hydrogen) atoms. The van der Waals surface area contributed by atoms with Gasteiger partial charge in [-0.15, -0.1) is 22.7 Å². The maximum atomic E-state index is 11.5. The van der Waals surface area contributed by atoms with Crippen molar-refractivity contribution in [3.63, 3.8) is 0 Å². The molecule has 1 aliphatic carbocycles. The molecule has 0 amide bonds. The highest BCUT2D eigenvalue weighted by Crippen LogP contribution is 2.48. The van der Waals surface area contributed by atoms with E-state index in [0.717, 1.165) is 15.1 Å². The third-order valence-corrected chi connectivity index (χ3v) is 5.14. The lowest BCUT2D eigenvalue weighted by molar-refractivity contribution is 0.0603. The number of hydrogen-bond acceptors (Lipinski definition) is 5. The molecule has 0 radical (unpaired) electrons. The highest BCUT2D eigenvalue weighted by molar-refractivity contribution is 7.22. The largest absolute Gasteiger partial charge is 0.505 e. The van der Waals surface area contributed by atoms with Crippen molar-refractivity contribution < 1.29 is 14.6 Å². The van der Waals surface area contributed by atoms with E-state index < -0.39 is 5.97 Å². The van der Waals surface area contributed by atoms with Crippen LogP contribution in [-0.2, 0) is 4.74 Å². The Bertz CT molecular complexity index is 729. The van der Waals surface area contributed by atoms with Crippen LogP contribution in [0.3, 0.4) is 0 Å². The van der Waals surface area contributed by atoms with Gasteiger partial charge >= 0.3 is 5.97 Å². The first-order valence-corrected chi connectivity index (χ1v) is 7.09. The number of hydrogen-bond donors (Lipinski definition) is 1. The zero-order valence-corrected chi connectivity index (χ0v) is 11.6. The van der Waals surface area contributed by atoms with E-state index in [-0.39, 0.29) is 10.6 Å². The normalized spacial score (nSPS) is 11.2. The van der Waals surface area contributed by atoms with Crippen LogP contribution in [0.2, 0.25) is 5.02 Å². The van der Waals surface area contributed by atoms with Gasteiger partial charge in [0.2, 0.25) is 0 Å². The summed E-state index contributed by atoms with van der Waals surface area (Å²) in [6, 6.07) is 3.77. The summed E-state index contributed by atoms with van der Waals surface area (Å²) in [7, 11) is 1.30. The first-order valence-electron chi connectivity index (χ1n) is 5.02. The van der Waals surface area contributed by atoms with Gasteiger partial charge in [0, 0.05) is 15.0 Å². The van der Waals surface area contributed by atoms with Crippen LogP contribution in [0.25, 0.3) is 20.5 Å². The minimum atomic E-state index is -0.513. The molecule has 1 aliphatic heterocycles. The van der Waals surface area contributed by atoms with Crippen LogP contribution in [-0.4, -0.2) is 18.2 Å². The van der Waals surface area contributed by atoms with Crippen LogP contribution in [0.15, 0.2) is 17.5 Å². The smallest absolute Gasteiger partial charge is 0.351 e. The lowest BCUT2D eigenvalue weighted by atomic mass is 10.2. The van der Waals surface area contributed by atoms with E-state index in [4.69, 9.17) is 11.6 Å². The molecule has 0 atom stereocenters. The summed E-state index contributed by atoms with van der Waals surface area (Å²) in [5, 5.41) is 13.3. The highest BCUT2D eigenvalue weighted by Gasteiger charge is 2.24. The van der Waals surface area contributed by atoms with Crippen molar-refractivity contribution in [2.24, 2.45) is 0 Å². The van der Waals surface area contributed by atoms with E-state index in [1.807, 2.05) is 12.1 Å². The molecule has 0 fully saturated rings. The fraction of sp³-hybridized carbons (Fsp3) is 0.0833. The molecule has 0 saturated heterocycles. The SMILES string of the molecule is COC(=O)c1sc2cc3cc(Cl)csc-3c2c1O. The van der Waals surface area contributed by atoms with Crippen molar-refractivity contribution >= 4 is 50.3 Å². The van der Waals surface area contributed by atoms with Crippen molar-refractivity contribution in [1.82, 2.24) is 0 Å². The maximum Gasteiger partial charge on any atom is 0.351 e. The number of ether oxygens (including phenoxy) is 1. The number of carbonyl (C=O) groups is 1. The van der Waals surface area contributed by atoms with Gasteiger partial charge in [0.1, 0.15) is 5.75 Å². The van der Waals surface area contributed by atoms with Crippen molar-refractivity contribution in [2.75, 3.05) is 7.11 Å². The van der Waals surface area contributed by atoms with Crippen LogP contribution in [0.4, 0.5) is 0 Å². The van der Waals surface area contributed by atoms with Crippen LogP contribution in [0.5, 0.6) is 5.75 Å². The second-order valence-corrected chi connectivity index (χ2v) is 6.07. The molecule has 2 aliphatic rings. The quantitative estimate of drug-likeness (QED) is 0.684. The van der Waals surface area contributed by atoms with Gasteiger partial charge in [-0.1, -0.05) is 11.6 Å². The fourth-order valence-corrected chi connectivity index (χ4v) is 4.14. The zero-order chi connectivity index (χ0) is 12.9. The molecule has 1 aromatic heterocycles. The Morgan fingerprint density at radius 2 is 2.22 bits per heavy atom. The van der Waals surface area contributed by atoms with Gasteiger partial charge in [0.15, 0.2) is 4.88 Å². The minimum absolute atomic E-state index is 0.00424. The predicted octanol–water partition coefficient (Wildman–Crippen LogP) is 4.21. The first kappa shape index (κ1) is 11.8. The molecule has 0 aromatic carbocycles. The summed E-state index contributed by atoms with van der Waals surface area (Å²) in [5.41, 5.74) is 0.973. The summed E-state index contributed by atoms with van der Waals surface area (Å²) in [4.78, 5) is 12.7. The number of fused-ring (bicyclic) bond motifs is 3. The lowest BCUT2D eigenvalue weighted by Crippen LogP contribution is -1.97. The highest BCUT2D eigenvalue weighted by atomic mass is 35.5. The van der Waals surface area contributed by atoms with Crippen molar-refractivity contribution in [3.8, 4) is 16.2 Å². The molecule has 1 aromatic rings. The van der Waals surface area contributed by atoms with Gasteiger partial charge in [-0.2, -0.15) is 0 Å². The molecule has 0 spiro atoms. The van der Waals surface area contributed by atoms with E-state index in [9.17, 15) is 9.90 Å². The summed E-state index contributed by atoms with van der Waals surface area (Å²) in [5.74, 6) is -0.517. The molecule has 1 N–H and O–H groups in total. The number of thiophene rings is 1. The van der Waals surface area contributed by atoms with Crippen LogP contribution < -0.4 is 0 Å².